The Morgan fingerprint density at radius 2 is 1.96 bits per heavy atom. The van der Waals surface area contributed by atoms with Crippen molar-refractivity contribution in [2.75, 3.05) is 18.5 Å². The molecule has 7 nitrogen and oxygen atoms in total. The van der Waals surface area contributed by atoms with Crippen molar-refractivity contribution in [1.82, 2.24) is 15.0 Å². The van der Waals surface area contributed by atoms with Crippen molar-refractivity contribution in [3.63, 3.8) is 0 Å². The van der Waals surface area contributed by atoms with E-state index in [0.717, 1.165) is 12.0 Å². The van der Waals surface area contributed by atoms with E-state index >= 15 is 0 Å². The van der Waals surface area contributed by atoms with Crippen molar-refractivity contribution in [2.45, 2.75) is 23.9 Å². The van der Waals surface area contributed by atoms with Crippen LogP contribution in [0.5, 0.6) is 0 Å². The maximum atomic E-state index is 12.2. The molecule has 25 heavy (non-hydrogen) atoms. The van der Waals surface area contributed by atoms with Gasteiger partial charge < -0.3 is 15.4 Å². The highest BCUT2D eigenvalue weighted by atomic mass is 32.2. The summed E-state index contributed by atoms with van der Waals surface area (Å²) in [6, 6.07) is 10.4. The summed E-state index contributed by atoms with van der Waals surface area (Å²) in [5, 5.41) is 5.52. The van der Waals surface area contributed by atoms with Gasteiger partial charge in [0, 0.05) is 37.3 Å². The van der Waals surface area contributed by atoms with Gasteiger partial charge in [-0.2, -0.15) is 0 Å². The number of hydrogen-bond acceptors (Lipinski definition) is 4. The number of aromatic nitrogens is 1. The zero-order chi connectivity index (χ0) is 17.5. The van der Waals surface area contributed by atoms with Crippen molar-refractivity contribution in [1.29, 1.82) is 0 Å². The lowest BCUT2D eigenvalue weighted by atomic mass is 10.3. The van der Waals surface area contributed by atoms with Gasteiger partial charge in [0.15, 0.2) is 0 Å². The average Bonchev–Trinajstić information content (AvgIpc) is 3.14. The molecule has 2 atom stereocenters. The molecule has 1 saturated heterocycles. The van der Waals surface area contributed by atoms with E-state index in [1.807, 2.05) is 12.1 Å². The predicted molar refractivity (Wildman–Crippen MR) is 95.3 cm³/mol. The largest absolute Gasteiger partial charge is 0.380 e. The molecule has 0 bridgehead atoms. The molecule has 3 N–H and O–H groups in total. The van der Waals surface area contributed by atoms with Gasteiger partial charge in [-0.25, -0.2) is 13.7 Å². The zero-order valence-corrected chi connectivity index (χ0v) is 14.4. The van der Waals surface area contributed by atoms with Crippen LogP contribution < -0.4 is 15.4 Å². The Kier molecular flexibility index (Phi) is 6.10. The van der Waals surface area contributed by atoms with Gasteiger partial charge >= 0.3 is 6.03 Å². The molecule has 1 fully saturated rings. The van der Waals surface area contributed by atoms with Crippen LogP contribution in [0.4, 0.5) is 10.5 Å². The van der Waals surface area contributed by atoms with Crippen LogP contribution in [0.2, 0.25) is 0 Å². The first kappa shape index (κ1) is 17.5. The molecule has 2 heterocycles. The number of pyridine rings is 1. The molecule has 3 rings (SSSR count). The van der Waals surface area contributed by atoms with Crippen molar-refractivity contribution < 1.29 is 13.7 Å². The molecule has 8 heteroatoms. The van der Waals surface area contributed by atoms with Crippen LogP contribution in [0, 0.1) is 0 Å². The molecule has 1 aliphatic heterocycles. The molecule has 1 aromatic carbocycles. The van der Waals surface area contributed by atoms with Crippen LogP contribution in [0.1, 0.15) is 12.0 Å². The number of amides is 2. The lowest BCUT2D eigenvalue weighted by Gasteiger charge is -2.11. The van der Waals surface area contributed by atoms with E-state index in [1.165, 1.54) is 0 Å². The third-order valence-electron chi connectivity index (χ3n) is 3.73. The Morgan fingerprint density at radius 1 is 1.20 bits per heavy atom. The molecule has 1 aromatic heterocycles. The lowest BCUT2D eigenvalue weighted by molar-refractivity contribution is 0.193. The summed E-state index contributed by atoms with van der Waals surface area (Å²) in [5.41, 5.74) is 1.61. The van der Waals surface area contributed by atoms with E-state index in [0.29, 0.717) is 30.3 Å². The summed E-state index contributed by atoms with van der Waals surface area (Å²) in [5.74, 6) is 0. The zero-order valence-electron chi connectivity index (χ0n) is 13.6. The fourth-order valence-corrected chi connectivity index (χ4v) is 3.38. The standard InChI is InChI=1S/C17H20N4O3S/c22-17(19-11-13-5-8-18-9-6-13)20-14-1-3-16(4-2-14)25(23)21-15-7-10-24-12-15/h1-6,8-9,15,21H,7,10-12H2,(H2,19,20,22). The minimum absolute atomic E-state index is 0.123. The highest BCUT2D eigenvalue weighted by Crippen LogP contribution is 2.13. The maximum Gasteiger partial charge on any atom is 0.319 e. The first-order chi connectivity index (χ1) is 12.2. The van der Waals surface area contributed by atoms with Crippen LogP contribution in [0.25, 0.3) is 0 Å². The number of hydrogen-bond donors (Lipinski definition) is 3. The van der Waals surface area contributed by atoms with Gasteiger partial charge in [0.05, 0.1) is 11.5 Å². The summed E-state index contributed by atoms with van der Waals surface area (Å²) in [7, 11) is -1.29. The van der Waals surface area contributed by atoms with E-state index < -0.39 is 11.0 Å². The second-order valence-corrected chi connectivity index (χ2v) is 6.88. The third kappa shape index (κ3) is 5.35. The number of rotatable bonds is 6. The molecule has 0 radical (unpaired) electrons. The second-order valence-electron chi connectivity index (χ2n) is 5.63. The molecule has 1 aliphatic rings. The van der Waals surface area contributed by atoms with Crippen molar-refractivity contribution in [3.05, 3.63) is 54.4 Å². The summed E-state index contributed by atoms with van der Waals surface area (Å²) >= 11 is 0. The number of carbonyl (C=O) groups is 1. The van der Waals surface area contributed by atoms with Crippen LogP contribution >= 0.6 is 0 Å². The Balaban J connectivity index is 1.48. The number of nitrogens with one attached hydrogen (secondary N) is 3. The third-order valence-corrected chi connectivity index (χ3v) is 4.98. The Hall–Kier alpha value is -2.29. The van der Waals surface area contributed by atoms with Gasteiger partial charge in [-0.1, -0.05) is 0 Å². The van der Waals surface area contributed by atoms with E-state index in [9.17, 15) is 9.00 Å². The van der Waals surface area contributed by atoms with Gasteiger partial charge in [-0.05, 0) is 48.4 Å². The minimum Gasteiger partial charge on any atom is -0.380 e. The number of nitrogens with zero attached hydrogens (tertiary/aromatic N) is 1. The maximum absolute atomic E-state index is 12.2. The highest BCUT2D eigenvalue weighted by molar-refractivity contribution is 7.83. The van der Waals surface area contributed by atoms with Gasteiger partial charge in [0.25, 0.3) is 0 Å². The number of urea groups is 1. The molecule has 2 unspecified atom stereocenters. The van der Waals surface area contributed by atoms with Gasteiger partial charge in [-0.3, -0.25) is 4.98 Å². The quantitative estimate of drug-likeness (QED) is 0.732. The van der Waals surface area contributed by atoms with Crippen molar-refractivity contribution >= 4 is 22.7 Å². The molecule has 0 spiro atoms. The molecule has 132 valence electrons. The smallest absolute Gasteiger partial charge is 0.319 e. The molecule has 0 saturated carbocycles. The molecule has 2 amide bonds. The predicted octanol–water partition coefficient (Wildman–Crippen LogP) is 1.80. The van der Waals surface area contributed by atoms with E-state index in [1.54, 1.807) is 36.7 Å². The summed E-state index contributed by atoms with van der Waals surface area (Å²) in [4.78, 5) is 16.5. The molecule has 0 aliphatic carbocycles. The Labute approximate surface area is 148 Å². The fraction of sp³-hybridized carbons (Fsp3) is 0.294. The molecule has 2 aromatic rings. The van der Waals surface area contributed by atoms with E-state index in [4.69, 9.17) is 4.74 Å². The van der Waals surface area contributed by atoms with Crippen molar-refractivity contribution in [2.24, 2.45) is 0 Å². The van der Waals surface area contributed by atoms with E-state index in [2.05, 4.69) is 20.3 Å². The fourth-order valence-electron chi connectivity index (χ4n) is 2.37. The summed E-state index contributed by atoms with van der Waals surface area (Å²) in [6.07, 6.45) is 4.22. The van der Waals surface area contributed by atoms with Crippen LogP contribution in [-0.2, 0) is 22.3 Å². The minimum atomic E-state index is -1.29. The lowest BCUT2D eigenvalue weighted by Crippen LogP contribution is -2.31. The summed E-state index contributed by atoms with van der Waals surface area (Å²) < 4.78 is 20.5. The first-order valence-electron chi connectivity index (χ1n) is 8.00. The highest BCUT2D eigenvalue weighted by Gasteiger charge is 2.18. The van der Waals surface area contributed by atoms with Crippen LogP contribution in [0.15, 0.2) is 53.7 Å². The number of ether oxygens (including phenoxy) is 1. The second kappa shape index (κ2) is 8.70. The topological polar surface area (TPSA) is 92.4 Å². The Bertz CT molecular complexity index is 718. The van der Waals surface area contributed by atoms with Crippen LogP contribution in [0.3, 0.4) is 0 Å². The number of carbonyl (C=O) groups excluding carboxylic acids is 1. The number of anilines is 1. The normalized spacial score (nSPS) is 17.8. The molecular weight excluding hydrogens is 340 g/mol. The Morgan fingerprint density at radius 3 is 2.64 bits per heavy atom. The average molecular weight is 360 g/mol. The van der Waals surface area contributed by atoms with Gasteiger partial charge in [0.2, 0.25) is 0 Å². The number of benzene rings is 1. The van der Waals surface area contributed by atoms with Crippen LogP contribution in [-0.4, -0.2) is 34.5 Å². The van der Waals surface area contributed by atoms with E-state index in [-0.39, 0.29) is 12.1 Å². The summed E-state index contributed by atoms with van der Waals surface area (Å²) in [6.45, 7) is 1.71. The van der Waals surface area contributed by atoms with Crippen molar-refractivity contribution in [3.8, 4) is 0 Å². The SMILES string of the molecule is O=C(NCc1ccncc1)Nc1ccc(S(=O)NC2CCOC2)cc1. The van der Waals surface area contributed by atoms with Gasteiger partial charge in [-0.15, -0.1) is 0 Å². The monoisotopic (exact) mass is 360 g/mol. The first-order valence-corrected chi connectivity index (χ1v) is 9.15. The molecular formula is C17H20N4O3S. The van der Waals surface area contributed by atoms with Gasteiger partial charge in [0.1, 0.15) is 11.0 Å².